The van der Waals surface area contributed by atoms with E-state index in [0.717, 1.165) is 36.8 Å². The lowest BCUT2D eigenvalue weighted by atomic mass is 9.93. The minimum atomic E-state index is -3.74. The number of carbonyl (C=O) groups is 1. The lowest BCUT2D eigenvalue weighted by Gasteiger charge is -2.35. The van der Waals surface area contributed by atoms with Crippen LogP contribution in [0, 0.1) is 5.41 Å². The topological polar surface area (TPSA) is 131 Å². The van der Waals surface area contributed by atoms with Gasteiger partial charge in [0.15, 0.2) is 5.82 Å². The molecule has 4 N–H and O–H groups in total. The van der Waals surface area contributed by atoms with Crippen molar-refractivity contribution in [3.05, 3.63) is 42.1 Å². The number of aromatic nitrogens is 2. The number of alkyl halides is 2. The Labute approximate surface area is 237 Å². The molecule has 3 aliphatic rings. The molecule has 4 heterocycles. The monoisotopic (exact) mass is 588 g/mol. The molecule has 10 nitrogen and oxygen atoms in total. The van der Waals surface area contributed by atoms with Crippen molar-refractivity contribution in [2.24, 2.45) is 5.41 Å². The van der Waals surface area contributed by atoms with Crippen LogP contribution in [0.5, 0.6) is 0 Å². The van der Waals surface area contributed by atoms with Crippen LogP contribution in [0.1, 0.15) is 48.9 Å². The van der Waals surface area contributed by atoms with Gasteiger partial charge < -0.3 is 25.2 Å². The zero-order valence-corrected chi connectivity index (χ0v) is 23.4. The summed E-state index contributed by atoms with van der Waals surface area (Å²) in [5.74, 6) is -2.72. The van der Waals surface area contributed by atoms with Gasteiger partial charge in [0.25, 0.3) is 11.8 Å². The molecule has 1 amide bonds. The first kappa shape index (κ1) is 27.7. The fraction of sp³-hybridized carbons (Fsp3) is 0.500. The molecule has 3 fully saturated rings. The highest BCUT2D eigenvalue weighted by molar-refractivity contribution is 7.92. The SMILES string of the molecule is O=C(Nc1cc2cc[nH]c2c(N2CCC(F)(F)CC2)n1)c1ccc(NS(=O)(=O)CCO)cc1N1CCC2(CC1)CC2. The number of piperidine rings is 2. The number of aliphatic hydroxyl groups excluding tert-OH is 1. The van der Waals surface area contributed by atoms with E-state index in [1.54, 1.807) is 24.4 Å². The lowest BCUT2D eigenvalue weighted by molar-refractivity contribution is -0.0221. The van der Waals surface area contributed by atoms with Crippen LogP contribution < -0.4 is 19.8 Å². The van der Waals surface area contributed by atoms with Crippen LogP contribution >= 0.6 is 0 Å². The second kappa shape index (κ2) is 10.4. The zero-order chi connectivity index (χ0) is 28.8. The summed E-state index contributed by atoms with van der Waals surface area (Å²) in [5, 5.41) is 12.8. The maximum atomic E-state index is 13.8. The van der Waals surface area contributed by atoms with E-state index < -0.39 is 34.2 Å². The highest BCUT2D eigenvalue weighted by Crippen LogP contribution is 2.54. The quantitative estimate of drug-likeness (QED) is 0.311. The van der Waals surface area contributed by atoms with Crippen molar-refractivity contribution in [1.29, 1.82) is 0 Å². The summed E-state index contributed by atoms with van der Waals surface area (Å²) < 4.78 is 54.7. The summed E-state index contributed by atoms with van der Waals surface area (Å²) in [6, 6.07) is 8.36. The Morgan fingerprint density at radius 1 is 1.00 bits per heavy atom. The molecule has 0 unspecified atom stereocenters. The second-order valence-corrected chi connectivity index (χ2v) is 13.3. The average Bonchev–Trinajstić information content (AvgIpc) is 3.50. The summed E-state index contributed by atoms with van der Waals surface area (Å²) in [6.07, 6.45) is 5.69. The standard InChI is InChI=1S/C28H34F2N6O4S/c29-28(30)8-13-36(14-9-28)25-24-19(3-10-31-24)17-23(32-25)33-26(38)21-2-1-20(34-41(39,40)16-15-37)18-22(21)35-11-6-27(4-5-27)7-12-35/h1-3,10,17-18,31,34,37H,4-9,11-16H2,(H,32,33,38). The van der Waals surface area contributed by atoms with Gasteiger partial charge >= 0.3 is 0 Å². The van der Waals surface area contributed by atoms with E-state index >= 15 is 0 Å². The van der Waals surface area contributed by atoms with Gasteiger partial charge in [0, 0.05) is 50.6 Å². The molecule has 13 heteroatoms. The van der Waals surface area contributed by atoms with Crippen molar-refractivity contribution in [3.8, 4) is 0 Å². The van der Waals surface area contributed by atoms with Crippen LogP contribution in [0.4, 0.5) is 31.8 Å². The third-order valence-corrected chi connectivity index (χ3v) is 9.82. The number of nitrogens with zero attached hydrogens (tertiary/aromatic N) is 3. The number of nitrogens with one attached hydrogen (secondary N) is 3. The van der Waals surface area contributed by atoms with E-state index in [0.29, 0.717) is 34.0 Å². The Balaban J connectivity index is 1.29. The number of sulfonamides is 1. The molecule has 0 atom stereocenters. The van der Waals surface area contributed by atoms with Gasteiger partial charge in [-0.1, -0.05) is 0 Å². The number of H-pyrrole nitrogens is 1. The molecule has 1 saturated carbocycles. The number of rotatable bonds is 8. The molecule has 0 radical (unpaired) electrons. The van der Waals surface area contributed by atoms with Crippen molar-refractivity contribution >= 4 is 49.8 Å². The van der Waals surface area contributed by atoms with Crippen LogP contribution in [-0.4, -0.2) is 73.9 Å². The molecule has 41 heavy (non-hydrogen) atoms. The summed E-state index contributed by atoms with van der Waals surface area (Å²) in [4.78, 5) is 25.4. The molecule has 2 aliphatic heterocycles. The highest BCUT2D eigenvalue weighted by atomic mass is 32.2. The van der Waals surface area contributed by atoms with Gasteiger partial charge in [0.2, 0.25) is 10.0 Å². The number of carbonyl (C=O) groups excluding carboxylic acids is 1. The number of pyridine rings is 1. The number of hydrogen-bond acceptors (Lipinski definition) is 7. The van der Waals surface area contributed by atoms with Crippen molar-refractivity contribution in [3.63, 3.8) is 0 Å². The van der Waals surface area contributed by atoms with E-state index in [9.17, 15) is 22.0 Å². The molecule has 1 spiro atoms. The van der Waals surface area contributed by atoms with Crippen LogP contribution in [0.15, 0.2) is 36.5 Å². The summed E-state index contributed by atoms with van der Waals surface area (Å²) >= 11 is 0. The van der Waals surface area contributed by atoms with Gasteiger partial charge in [-0.2, -0.15) is 0 Å². The fourth-order valence-corrected chi connectivity index (χ4v) is 6.69. The third kappa shape index (κ3) is 5.96. The van der Waals surface area contributed by atoms with E-state index in [-0.39, 0.29) is 25.9 Å². The summed E-state index contributed by atoms with van der Waals surface area (Å²) in [7, 11) is -3.74. The molecular weight excluding hydrogens is 554 g/mol. The first-order valence-corrected chi connectivity index (χ1v) is 15.6. The first-order chi connectivity index (χ1) is 19.6. The largest absolute Gasteiger partial charge is 0.395 e. The minimum Gasteiger partial charge on any atom is -0.395 e. The minimum absolute atomic E-state index is 0.153. The fourth-order valence-electron chi connectivity index (χ4n) is 5.87. The third-order valence-electron chi connectivity index (χ3n) is 8.56. The van der Waals surface area contributed by atoms with Gasteiger partial charge in [-0.3, -0.25) is 9.52 Å². The maximum Gasteiger partial charge on any atom is 0.258 e. The van der Waals surface area contributed by atoms with Gasteiger partial charge in [-0.15, -0.1) is 0 Å². The molecule has 1 aliphatic carbocycles. The Morgan fingerprint density at radius 2 is 1.71 bits per heavy atom. The first-order valence-electron chi connectivity index (χ1n) is 14.0. The van der Waals surface area contributed by atoms with Crippen molar-refractivity contribution in [2.45, 2.75) is 44.4 Å². The smallest absolute Gasteiger partial charge is 0.258 e. The number of aliphatic hydroxyl groups is 1. The van der Waals surface area contributed by atoms with Crippen LogP contribution in [-0.2, 0) is 10.0 Å². The number of anilines is 4. The molecule has 220 valence electrons. The number of amides is 1. The normalized spacial score (nSPS) is 19.9. The van der Waals surface area contributed by atoms with Crippen LogP contribution in [0.2, 0.25) is 0 Å². The molecule has 1 aromatic carbocycles. The van der Waals surface area contributed by atoms with Crippen molar-refractivity contribution < 1.29 is 27.1 Å². The molecule has 0 bridgehead atoms. The predicted octanol–water partition coefficient (Wildman–Crippen LogP) is 4.17. The zero-order valence-electron chi connectivity index (χ0n) is 22.6. The van der Waals surface area contributed by atoms with Crippen LogP contribution in [0.3, 0.4) is 0 Å². The van der Waals surface area contributed by atoms with E-state index in [4.69, 9.17) is 5.11 Å². The molecule has 2 saturated heterocycles. The molecule has 6 rings (SSSR count). The Kier molecular flexibility index (Phi) is 7.05. The number of hydrogen-bond donors (Lipinski definition) is 4. The van der Waals surface area contributed by atoms with Gasteiger partial charge in [0.1, 0.15) is 5.82 Å². The van der Waals surface area contributed by atoms with Crippen molar-refractivity contribution in [1.82, 2.24) is 9.97 Å². The summed E-state index contributed by atoms with van der Waals surface area (Å²) in [6.45, 7) is 1.31. The van der Waals surface area contributed by atoms with E-state index in [1.807, 2.05) is 11.0 Å². The maximum absolute atomic E-state index is 13.8. The summed E-state index contributed by atoms with van der Waals surface area (Å²) in [5.41, 5.74) is 2.42. The highest BCUT2D eigenvalue weighted by Gasteiger charge is 2.44. The van der Waals surface area contributed by atoms with Crippen LogP contribution in [0.25, 0.3) is 10.9 Å². The van der Waals surface area contributed by atoms with Gasteiger partial charge in [0.05, 0.1) is 34.8 Å². The molecular formula is C28H34F2N6O4S. The Bertz CT molecular complexity index is 1550. The molecule has 2 aromatic heterocycles. The van der Waals surface area contributed by atoms with Crippen molar-refractivity contribution in [2.75, 3.05) is 58.4 Å². The average molecular weight is 589 g/mol. The Morgan fingerprint density at radius 3 is 2.39 bits per heavy atom. The van der Waals surface area contributed by atoms with E-state index in [1.165, 1.54) is 18.9 Å². The lowest BCUT2D eigenvalue weighted by Crippen LogP contribution is -2.40. The number of benzene rings is 1. The van der Waals surface area contributed by atoms with E-state index in [2.05, 4.69) is 24.9 Å². The Hall–Kier alpha value is -3.45. The van der Waals surface area contributed by atoms with Gasteiger partial charge in [-0.25, -0.2) is 22.2 Å². The second-order valence-electron chi connectivity index (χ2n) is 11.4. The number of halogens is 2. The number of aromatic amines is 1. The van der Waals surface area contributed by atoms with Gasteiger partial charge in [-0.05, 0) is 61.4 Å². The molecule has 3 aromatic rings. The number of fused-ring (bicyclic) bond motifs is 1. The predicted molar refractivity (Wildman–Crippen MR) is 154 cm³/mol.